The van der Waals surface area contributed by atoms with Gasteiger partial charge in [0.2, 0.25) is 11.8 Å². The van der Waals surface area contributed by atoms with Gasteiger partial charge in [0.05, 0.1) is 28.4 Å². The molecule has 5 aromatic rings. The fraction of sp³-hybridized carbons (Fsp3) is 0.146. The number of carbonyl (C=O) groups excluding carboxylic acids is 3. The van der Waals surface area contributed by atoms with Crippen molar-refractivity contribution in [1.29, 1.82) is 0 Å². The summed E-state index contributed by atoms with van der Waals surface area (Å²) in [6, 6.07) is 42.9. The molecule has 46 heavy (non-hydrogen) atoms. The van der Waals surface area contributed by atoms with Gasteiger partial charge in [-0.15, -0.1) is 0 Å². The monoisotopic (exact) mass is 663 g/mol. The Kier molecular flexibility index (Phi) is 6.42. The minimum atomic E-state index is -1.41. The summed E-state index contributed by atoms with van der Waals surface area (Å²) in [7, 11) is 0. The molecule has 2 amide bonds. The van der Waals surface area contributed by atoms with Gasteiger partial charge in [0, 0.05) is 4.47 Å². The Labute approximate surface area is 276 Å². The summed E-state index contributed by atoms with van der Waals surface area (Å²) in [5, 5.41) is 0. The summed E-state index contributed by atoms with van der Waals surface area (Å²) in [6.07, 6.45) is 0. The van der Waals surface area contributed by atoms with Crippen LogP contribution in [0.5, 0.6) is 0 Å². The van der Waals surface area contributed by atoms with E-state index in [1.54, 1.807) is 12.1 Å². The zero-order valence-electron chi connectivity index (χ0n) is 25.4. The van der Waals surface area contributed by atoms with Gasteiger partial charge in [-0.3, -0.25) is 14.4 Å². The van der Waals surface area contributed by atoms with Gasteiger partial charge in [-0.25, -0.2) is 4.90 Å². The van der Waals surface area contributed by atoms with Gasteiger partial charge >= 0.3 is 0 Å². The first-order valence-corrected chi connectivity index (χ1v) is 16.3. The van der Waals surface area contributed by atoms with Crippen molar-refractivity contribution in [3.05, 3.63) is 171 Å². The number of aryl methyl sites for hydroxylation is 2. The molecular weight excluding hydrogens is 634 g/mol. The number of nitrogens with zero attached hydrogens (tertiary/aromatic N) is 1. The second kappa shape index (κ2) is 10.3. The summed E-state index contributed by atoms with van der Waals surface area (Å²) in [5.74, 6) is -2.69. The highest BCUT2D eigenvalue weighted by Crippen LogP contribution is 2.74. The van der Waals surface area contributed by atoms with E-state index in [9.17, 15) is 0 Å². The predicted octanol–water partition coefficient (Wildman–Crippen LogP) is 8.25. The van der Waals surface area contributed by atoms with Crippen molar-refractivity contribution in [2.24, 2.45) is 11.8 Å². The topological polar surface area (TPSA) is 54.5 Å². The lowest BCUT2D eigenvalue weighted by Crippen LogP contribution is -2.45. The SMILES string of the molecule is Cc1ccc(C2=C(c3ccc(C)cc3)[C@@]3(c4ccccc4)C(=O)[C@@]2(c2ccccc2)[C@@H]2C(=O)N(c4ccc(Br)cc4)C(=O)[C@H]23)cc1. The quantitative estimate of drug-likeness (QED) is 0.178. The third-order valence-electron chi connectivity index (χ3n) is 10.2. The van der Waals surface area contributed by atoms with Crippen LogP contribution in [-0.4, -0.2) is 17.6 Å². The number of ketones is 1. The number of benzene rings is 5. The van der Waals surface area contributed by atoms with Crippen molar-refractivity contribution in [2.45, 2.75) is 24.7 Å². The molecule has 4 nitrogen and oxygen atoms in total. The maximum Gasteiger partial charge on any atom is 0.239 e. The van der Waals surface area contributed by atoms with Crippen molar-refractivity contribution >= 4 is 50.4 Å². The highest BCUT2D eigenvalue weighted by molar-refractivity contribution is 9.10. The van der Waals surface area contributed by atoms with Crippen LogP contribution in [0.1, 0.15) is 33.4 Å². The van der Waals surface area contributed by atoms with E-state index in [1.807, 2.05) is 111 Å². The summed E-state index contributed by atoms with van der Waals surface area (Å²) >= 11 is 3.49. The Balaban J connectivity index is 1.55. The Morgan fingerprint density at radius 1 is 0.522 bits per heavy atom. The van der Waals surface area contributed by atoms with Crippen LogP contribution in [0, 0.1) is 25.7 Å². The lowest BCUT2D eigenvalue weighted by molar-refractivity contribution is -0.130. The molecule has 1 aliphatic heterocycles. The fourth-order valence-corrected chi connectivity index (χ4v) is 8.67. The van der Waals surface area contributed by atoms with Crippen LogP contribution >= 0.6 is 15.9 Å². The molecule has 0 spiro atoms. The van der Waals surface area contributed by atoms with Gasteiger partial charge in [-0.05, 0) is 71.5 Å². The van der Waals surface area contributed by atoms with Crippen molar-refractivity contribution in [1.82, 2.24) is 0 Å². The smallest absolute Gasteiger partial charge is 0.239 e. The zero-order valence-corrected chi connectivity index (χ0v) is 27.0. The Morgan fingerprint density at radius 2 is 0.913 bits per heavy atom. The maximum absolute atomic E-state index is 15.9. The number of Topliss-reactive ketones (excluding diaryl/α,β-unsaturated/α-hetero) is 1. The highest BCUT2D eigenvalue weighted by Gasteiger charge is 2.82. The molecule has 2 bridgehead atoms. The van der Waals surface area contributed by atoms with E-state index in [0.29, 0.717) is 5.69 Å². The van der Waals surface area contributed by atoms with Crippen LogP contribution in [0.3, 0.4) is 0 Å². The molecule has 0 unspecified atom stereocenters. The lowest BCUT2D eigenvalue weighted by Gasteiger charge is -2.39. The number of allylic oxidation sites excluding steroid dienone is 2. The first-order chi connectivity index (χ1) is 22.3. The third-order valence-corrected chi connectivity index (χ3v) is 10.7. The number of imide groups is 1. The second-order valence-electron chi connectivity index (χ2n) is 12.6. The molecule has 0 aromatic heterocycles. The predicted molar refractivity (Wildman–Crippen MR) is 184 cm³/mol. The molecule has 5 heteroatoms. The van der Waals surface area contributed by atoms with Gasteiger partial charge in [0.1, 0.15) is 0 Å². The number of halogens is 1. The summed E-state index contributed by atoms with van der Waals surface area (Å²) < 4.78 is 0.845. The average molecular weight is 665 g/mol. The average Bonchev–Trinajstić information content (AvgIpc) is 3.59. The number of rotatable bonds is 5. The number of anilines is 1. The molecule has 3 aliphatic rings. The van der Waals surface area contributed by atoms with Gasteiger partial charge in [0.15, 0.2) is 5.78 Å². The van der Waals surface area contributed by atoms with Gasteiger partial charge < -0.3 is 0 Å². The first-order valence-electron chi connectivity index (χ1n) is 15.5. The number of amides is 2. The molecule has 5 aromatic carbocycles. The van der Waals surface area contributed by atoms with Crippen LogP contribution in [0.4, 0.5) is 5.69 Å². The maximum atomic E-state index is 15.9. The van der Waals surface area contributed by atoms with Crippen LogP contribution in [-0.2, 0) is 25.2 Å². The largest absolute Gasteiger partial charge is 0.297 e. The second-order valence-corrected chi connectivity index (χ2v) is 13.5. The highest BCUT2D eigenvalue weighted by atomic mass is 79.9. The van der Waals surface area contributed by atoms with E-state index in [2.05, 4.69) is 40.2 Å². The van der Waals surface area contributed by atoms with Crippen molar-refractivity contribution < 1.29 is 14.4 Å². The number of hydrogen-bond donors (Lipinski definition) is 0. The minimum Gasteiger partial charge on any atom is -0.297 e. The summed E-state index contributed by atoms with van der Waals surface area (Å²) in [5.41, 5.74) is 4.67. The van der Waals surface area contributed by atoms with Crippen molar-refractivity contribution in [3.63, 3.8) is 0 Å². The van der Waals surface area contributed by atoms with E-state index in [0.717, 1.165) is 49.0 Å². The molecule has 0 radical (unpaired) electrons. The molecule has 2 aliphatic carbocycles. The van der Waals surface area contributed by atoms with Crippen LogP contribution in [0.2, 0.25) is 0 Å². The summed E-state index contributed by atoms with van der Waals surface area (Å²) in [6.45, 7) is 4.07. The number of hydrogen-bond acceptors (Lipinski definition) is 3. The van der Waals surface area contributed by atoms with Crippen LogP contribution in [0.15, 0.2) is 138 Å². The van der Waals surface area contributed by atoms with Gasteiger partial charge in [-0.2, -0.15) is 0 Å². The molecule has 1 saturated carbocycles. The molecule has 0 N–H and O–H groups in total. The summed E-state index contributed by atoms with van der Waals surface area (Å²) in [4.78, 5) is 47.3. The van der Waals surface area contributed by atoms with Crippen molar-refractivity contribution in [3.8, 4) is 0 Å². The van der Waals surface area contributed by atoms with Gasteiger partial charge in [-0.1, -0.05) is 136 Å². The fourth-order valence-electron chi connectivity index (χ4n) is 8.41. The first kappa shape index (κ1) is 28.6. The zero-order chi connectivity index (χ0) is 31.8. The van der Waals surface area contributed by atoms with Crippen LogP contribution in [0.25, 0.3) is 11.1 Å². The van der Waals surface area contributed by atoms with E-state index < -0.39 is 22.7 Å². The van der Waals surface area contributed by atoms with E-state index in [4.69, 9.17) is 0 Å². The molecule has 1 saturated heterocycles. The normalized spacial score (nSPS) is 25.0. The minimum absolute atomic E-state index is 0.115. The molecule has 8 rings (SSSR count). The Hall–Kier alpha value is -4.87. The van der Waals surface area contributed by atoms with E-state index >= 15 is 14.4 Å². The lowest BCUT2D eigenvalue weighted by atomic mass is 9.59. The standard InChI is InChI=1S/C41H30BrNO3/c1-25-13-17-27(18-14-25)33-34(28-19-15-26(2)16-20-28)41(30-11-7-4-8-12-30)36-35(40(33,39(41)46)29-9-5-3-6-10-29)37(44)43(38(36)45)32-23-21-31(42)22-24-32/h3-24,35-36H,1-2H3/t35-,36-,40+,41+/m0/s1. The van der Waals surface area contributed by atoms with E-state index in [-0.39, 0.29) is 17.6 Å². The van der Waals surface area contributed by atoms with Crippen LogP contribution < -0.4 is 4.90 Å². The van der Waals surface area contributed by atoms with Gasteiger partial charge in [0.25, 0.3) is 0 Å². The number of fused-ring (bicyclic) bond motifs is 5. The molecule has 1 heterocycles. The molecule has 224 valence electrons. The Morgan fingerprint density at radius 3 is 1.30 bits per heavy atom. The number of carbonyl (C=O) groups is 3. The third kappa shape index (κ3) is 3.63. The van der Waals surface area contributed by atoms with Crippen molar-refractivity contribution in [2.75, 3.05) is 4.90 Å². The van der Waals surface area contributed by atoms with E-state index in [1.165, 1.54) is 4.90 Å². The Bertz CT molecular complexity index is 1940. The molecule has 4 atom stereocenters. The molecule has 2 fully saturated rings. The molecular formula is C41H30BrNO3.